The minimum absolute atomic E-state index is 0.0746. The van der Waals surface area contributed by atoms with Gasteiger partial charge in [-0.3, -0.25) is 9.69 Å². The molecule has 0 aromatic rings. The molecule has 0 aliphatic carbocycles. The van der Waals surface area contributed by atoms with E-state index >= 15 is 0 Å². The Morgan fingerprint density at radius 3 is 2.63 bits per heavy atom. The van der Waals surface area contributed by atoms with Crippen LogP contribution >= 0.6 is 11.8 Å². The number of nitrogens with one attached hydrogen (secondary N) is 1. The molecule has 158 valence electrons. The Balaban J connectivity index is 2.20. The second-order valence-corrected chi connectivity index (χ2v) is 8.45. The van der Waals surface area contributed by atoms with Gasteiger partial charge in [0.05, 0.1) is 18.2 Å². The van der Waals surface area contributed by atoms with E-state index < -0.39 is 60.9 Å². The zero-order valence-corrected chi connectivity index (χ0v) is 16.8. The Kier molecular flexibility index (Phi) is 6.80. The van der Waals surface area contributed by atoms with Crippen molar-refractivity contribution < 1.29 is 34.1 Å². The van der Waals surface area contributed by atoms with E-state index in [-0.39, 0.29) is 12.5 Å². The molecule has 9 atom stereocenters. The summed E-state index contributed by atoms with van der Waals surface area (Å²) >= 11 is 1.13. The van der Waals surface area contributed by atoms with E-state index in [0.717, 1.165) is 24.6 Å². The van der Waals surface area contributed by atoms with Gasteiger partial charge in [0.25, 0.3) is 0 Å². The predicted molar refractivity (Wildman–Crippen MR) is 103 cm³/mol. The number of likely N-dealkylation sites (N-methyl/N-ethyl adjacent to an activating group) is 1. The average Bonchev–Trinajstić information content (AvgIpc) is 3.09. The van der Waals surface area contributed by atoms with Crippen molar-refractivity contribution >= 4 is 17.7 Å². The van der Waals surface area contributed by atoms with Gasteiger partial charge in [0.2, 0.25) is 5.91 Å². The lowest BCUT2D eigenvalue weighted by molar-refractivity contribution is -0.211. The first-order valence-electron chi connectivity index (χ1n) is 10.9. The van der Waals surface area contributed by atoms with Crippen molar-refractivity contribution in [3.63, 3.8) is 0 Å². The van der Waals surface area contributed by atoms with E-state index in [2.05, 4.69) is 5.32 Å². The maximum atomic E-state index is 13.0. The fourth-order valence-electron chi connectivity index (χ4n) is 3.89. The SMILES string of the molecule is [2H]C([2H])([2H])N1C[C@@H](CCC)C[C@H]1C(=O)NC(C(C)O)C1O[C@@H](SC)C(O)[C@@H](O)[C@H]1O. The van der Waals surface area contributed by atoms with Crippen LogP contribution in [-0.4, -0.2) is 99.0 Å². The third-order valence-electron chi connectivity index (χ3n) is 5.41. The predicted octanol–water partition coefficient (Wildman–Crippen LogP) is -0.857. The van der Waals surface area contributed by atoms with Crippen LogP contribution in [0.4, 0.5) is 0 Å². The Morgan fingerprint density at radius 2 is 2.07 bits per heavy atom. The third kappa shape index (κ3) is 5.14. The maximum absolute atomic E-state index is 13.0. The van der Waals surface area contributed by atoms with Gasteiger partial charge >= 0.3 is 0 Å². The smallest absolute Gasteiger partial charge is 0.237 e. The molecule has 4 unspecified atom stereocenters. The standard InChI is InChI=1S/C18H34N2O6S/c1-5-6-10-7-11(20(3)8-10)17(25)19-12(9(2)21)16-14(23)13(22)15(24)18(26-16)27-4/h9-16,18,21-24H,5-8H2,1-4H3,(H,19,25)/t9?,10-,11-,12?,13-,14+,15?,16?,18-/m0/s1/i3D3. The van der Waals surface area contributed by atoms with Gasteiger partial charge in [-0.1, -0.05) is 13.3 Å². The minimum atomic E-state index is -2.43. The van der Waals surface area contributed by atoms with Gasteiger partial charge in [-0.05, 0) is 38.9 Å². The Labute approximate surface area is 169 Å². The van der Waals surface area contributed by atoms with Crippen LogP contribution in [0.25, 0.3) is 0 Å². The number of nitrogens with zero attached hydrogens (tertiary/aromatic N) is 1. The lowest BCUT2D eigenvalue weighted by atomic mass is 9.92. The van der Waals surface area contributed by atoms with Gasteiger partial charge < -0.3 is 30.5 Å². The molecule has 0 bridgehead atoms. The number of thioether (sulfide) groups is 1. The summed E-state index contributed by atoms with van der Waals surface area (Å²) < 4.78 is 29.0. The number of carbonyl (C=O) groups excluding carboxylic acids is 1. The van der Waals surface area contributed by atoms with Crippen LogP contribution in [0.3, 0.4) is 0 Å². The van der Waals surface area contributed by atoms with Crippen LogP contribution in [0.2, 0.25) is 0 Å². The maximum Gasteiger partial charge on any atom is 0.237 e. The van der Waals surface area contributed by atoms with Crippen molar-refractivity contribution in [2.45, 2.75) is 81.1 Å². The van der Waals surface area contributed by atoms with Crippen molar-refractivity contribution in [2.24, 2.45) is 5.92 Å². The molecule has 2 saturated heterocycles. The molecule has 2 fully saturated rings. The van der Waals surface area contributed by atoms with Crippen LogP contribution in [-0.2, 0) is 9.53 Å². The molecule has 2 rings (SSSR count). The van der Waals surface area contributed by atoms with Gasteiger partial charge in [0, 0.05) is 10.7 Å². The van der Waals surface area contributed by atoms with E-state index in [1.807, 2.05) is 6.92 Å². The molecule has 0 radical (unpaired) electrons. The molecule has 2 heterocycles. The average molecular weight is 410 g/mol. The molecule has 0 saturated carbocycles. The summed E-state index contributed by atoms with van der Waals surface area (Å²) in [6.45, 7) is 1.25. The topological polar surface area (TPSA) is 122 Å². The number of hydrogen-bond acceptors (Lipinski definition) is 8. The Morgan fingerprint density at radius 1 is 1.37 bits per heavy atom. The Bertz CT molecular complexity index is 583. The summed E-state index contributed by atoms with van der Waals surface area (Å²) in [4.78, 5) is 14.2. The number of rotatable bonds is 7. The van der Waals surface area contributed by atoms with Crippen molar-refractivity contribution in [3.05, 3.63) is 0 Å². The number of aliphatic hydroxyl groups is 4. The monoisotopic (exact) mass is 409 g/mol. The van der Waals surface area contributed by atoms with E-state index in [1.54, 1.807) is 6.26 Å². The lowest BCUT2D eigenvalue weighted by Crippen LogP contribution is -2.65. The third-order valence-corrected chi connectivity index (χ3v) is 6.26. The van der Waals surface area contributed by atoms with Gasteiger partial charge in [-0.2, -0.15) is 0 Å². The Hall–Kier alpha value is -0.420. The first-order chi connectivity index (χ1) is 13.9. The van der Waals surface area contributed by atoms with Crippen molar-refractivity contribution in [1.29, 1.82) is 0 Å². The zero-order chi connectivity index (χ0) is 22.8. The highest BCUT2D eigenvalue weighted by Crippen LogP contribution is 2.30. The van der Waals surface area contributed by atoms with Crippen LogP contribution in [0.15, 0.2) is 0 Å². The lowest BCUT2D eigenvalue weighted by Gasteiger charge is -2.44. The highest BCUT2D eigenvalue weighted by molar-refractivity contribution is 7.99. The molecule has 1 amide bonds. The normalized spacial score (nSPS) is 42.0. The quantitative estimate of drug-likeness (QED) is 0.368. The molecule has 0 aromatic carbocycles. The number of carbonyl (C=O) groups is 1. The van der Waals surface area contributed by atoms with E-state index in [1.165, 1.54) is 11.8 Å². The molecule has 27 heavy (non-hydrogen) atoms. The molecule has 2 aliphatic rings. The second kappa shape index (κ2) is 9.87. The fraction of sp³-hybridized carbons (Fsp3) is 0.944. The van der Waals surface area contributed by atoms with Crippen LogP contribution in [0.1, 0.15) is 37.2 Å². The minimum Gasteiger partial charge on any atom is -0.391 e. The number of hydrogen-bond donors (Lipinski definition) is 5. The van der Waals surface area contributed by atoms with Crippen molar-refractivity contribution in [1.82, 2.24) is 10.2 Å². The summed E-state index contributed by atoms with van der Waals surface area (Å²) in [5.41, 5.74) is -0.856. The van der Waals surface area contributed by atoms with Crippen molar-refractivity contribution in [2.75, 3.05) is 19.8 Å². The highest BCUT2D eigenvalue weighted by Gasteiger charge is 2.48. The van der Waals surface area contributed by atoms with Gasteiger partial charge in [0.1, 0.15) is 29.9 Å². The van der Waals surface area contributed by atoms with Crippen LogP contribution < -0.4 is 5.32 Å². The fourth-order valence-corrected chi connectivity index (χ4v) is 4.57. The number of likely N-dealkylation sites (tertiary alicyclic amines) is 1. The molecule has 0 spiro atoms. The summed E-state index contributed by atoms with van der Waals surface area (Å²) in [5.74, 6) is -0.502. The van der Waals surface area contributed by atoms with E-state index in [9.17, 15) is 25.2 Å². The van der Waals surface area contributed by atoms with Crippen molar-refractivity contribution in [3.8, 4) is 0 Å². The molecule has 9 heteroatoms. The van der Waals surface area contributed by atoms with Crippen LogP contribution in [0.5, 0.6) is 0 Å². The van der Waals surface area contributed by atoms with Gasteiger partial charge in [-0.25, -0.2) is 0 Å². The molecular formula is C18H34N2O6S. The number of amides is 1. The molecule has 0 aromatic heterocycles. The van der Waals surface area contributed by atoms with Gasteiger partial charge in [-0.15, -0.1) is 11.8 Å². The zero-order valence-electron chi connectivity index (χ0n) is 19.0. The molecular weight excluding hydrogens is 372 g/mol. The first-order valence-corrected chi connectivity index (χ1v) is 10.7. The van der Waals surface area contributed by atoms with E-state index in [4.69, 9.17) is 8.85 Å². The molecule has 2 aliphatic heterocycles. The first kappa shape index (κ1) is 18.6. The number of ether oxygens (including phenoxy) is 1. The van der Waals surface area contributed by atoms with Crippen LogP contribution in [0, 0.1) is 5.92 Å². The largest absolute Gasteiger partial charge is 0.391 e. The molecule has 8 nitrogen and oxygen atoms in total. The highest BCUT2D eigenvalue weighted by atomic mass is 32.2. The second-order valence-electron chi connectivity index (χ2n) is 7.51. The summed E-state index contributed by atoms with van der Waals surface area (Å²) in [6, 6.07) is -2.00. The summed E-state index contributed by atoms with van der Waals surface area (Å²) in [7, 11) is 0. The number of aliphatic hydroxyl groups excluding tert-OH is 4. The van der Waals surface area contributed by atoms with E-state index in [0.29, 0.717) is 6.42 Å². The summed E-state index contributed by atoms with van der Waals surface area (Å²) in [6.07, 6.45) is -3.00. The summed E-state index contributed by atoms with van der Waals surface area (Å²) in [5, 5.41) is 43.5. The van der Waals surface area contributed by atoms with Gasteiger partial charge in [0.15, 0.2) is 0 Å². The molecule has 5 N–H and O–H groups in total.